The quantitative estimate of drug-likeness (QED) is 0.768. The van der Waals surface area contributed by atoms with E-state index in [1.165, 1.54) is 6.33 Å². The van der Waals surface area contributed by atoms with Gasteiger partial charge in [0.2, 0.25) is 0 Å². The molecule has 0 aliphatic carbocycles. The molecule has 0 radical (unpaired) electrons. The van der Waals surface area contributed by atoms with Crippen molar-refractivity contribution in [2.75, 3.05) is 0 Å². The number of nitrogens with zero attached hydrogens (tertiary/aromatic N) is 3. The molecule has 5 heteroatoms. The van der Waals surface area contributed by atoms with E-state index in [9.17, 15) is 0 Å². The summed E-state index contributed by atoms with van der Waals surface area (Å²) in [5.41, 5.74) is 1.80. The second-order valence-corrected chi connectivity index (χ2v) is 4.03. The highest BCUT2D eigenvalue weighted by Crippen LogP contribution is 2.31. The molecular formula is C10H9Cl2N3. The van der Waals surface area contributed by atoms with E-state index < -0.39 is 0 Å². The summed E-state index contributed by atoms with van der Waals surface area (Å²) in [6.07, 6.45) is 1.49. The van der Waals surface area contributed by atoms with Crippen molar-refractivity contribution in [3.05, 3.63) is 39.9 Å². The molecular weight excluding hydrogens is 233 g/mol. The van der Waals surface area contributed by atoms with Crippen molar-refractivity contribution in [3.63, 3.8) is 0 Å². The lowest BCUT2D eigenvalue weighted by Gasteiger charge is -2.10. The standard InChI is InChI=1S/C10H9Cl2N3/c1-6-3-4-8(11)9(12)10(6)15-7(2)13-5-14-15/h3-5H,1-2H3. The lowest BCUT2D eigenvalue weighted by atomic mass is 10.2. The van der Waals surface area contributed by atoms with E-state index in [4.69, 9.17) is 23.2 Å². The molecule has 0 bridgehead atoms. The molecule has 0 unspecified atom stereocenters. The van der Waals surface area contributed by atoms with Crippen LogP contribution in [0.15, 0.2) is 18.5 Å². The maximum absolute atomic E-state index is 6.14. The molecule has 1 aromatic heterocycles. The third-order valence-corrected chi connectivity index (χ3v) is 3.00. The van der Waals surface area contributed by atoms with Gasteiger partial charge in [-0.15, -0.1) is 0 Å². The fourth-order valence-electron chi connectivity index (χ4n) is 1.42. The molecule has 3 nitrogen and oxygen atoms in total. The summed E-state index contributed by atoms with van der Waals surface area (Å²) in [6, 6.07) is 3.68. The van der Waals surface area contributed by atoms with Gasteiger partial charge in [-0.25, -0.2) is 9.67 Å². The molecule has 1 aromatic carbocycles. The summed E-state index contributed by atoms with van der Waals surface area (Å²) in [4.78, 5) is 4.06. The molecule has 0 saturated carbocycles. The Morgan fingerprint density at radius 1 is 1.20 bits per heavy atom. The smallest absolute Gasteiger partial charge is 0.138 e. The molecule has 15 heavy (non-hydrogen) atoms. The molecule has 1 heterocycles. The molecule has 0 atom stereocenters. The van der Waals surface area contributed by atoms with E-state index in [2.05, 4.69) is 10.1 Å². The van der Waals surface area contributed by atoms with E-state index in [1.807, 2.05) is 19.9 Å². The average molecular weight is 242 g/mol. The normalized spacial score (nSPS) is 10.7. The zero-order valence-corrected chi connectivity index (χ0v) is 9.84. The topological polar surface area (TPSA) is 30.7 Å². The summed E-state index contributed by atoms with van der Waals surface area (Å²) >= 11 is 12.1. The van der Waals surface area contributed by atoms with Crippen molar-refractivity contribution < 1.29 is 0 Å². The molecule has 0 fully saturated rings. The van der Waals surface area contributed by atoms with Crippen LogP contribution >= 0.6 is 23.2 Å². The van der Waals surface area contributed by atoms with Crippen LogP contribution in [0.4, 0.5) is 0 Å². The molecule has 0 saturated heterocycles. The molecule has 2 aromatic rings. The van der Waals surface area contributed by atoms with Crippen molar-refractivity contribution >= 4 is 23.2 Å². The fourth-order valence-corrected chi connectivity index (χ4v) is 1.86. The Labute approximate surface area is 97.7 Å². The third kappa shape index (κ3) is 1.73. The van der Waals surface area contributed by atoms with E-state index in [0.29, 0.717) is 10.0 Å². The lowest BCUT2D eigenvalue weighted by Crippen LogP contribution is -2.02. The van der Waals surface area contributed by atoms with E-state index >= 15 is 0 Å². The van der Waals surface area contributed by atoms with Gasteiger partial charge in [0.05, 0.1) is 15.7 Å². The van der Waals surface area contributed by atoms with Crippen molar-refractivity contribution in [2.45, 2.75) is 13.8 Å². The first-order valence-electron chi connectivity index (χ1n) is 4.43. The molecule has 78 valence electrons. The lowest BCUT2D eigenvalue weighted by molar-refractivity contribution is 0.834. The first kappa shape index (κ1) is 10.5. The Morgan fingerprint density at radius 3 is 2.53 bits per heavy atom. The minimum Gasteiger partial charge on any atom is -0.220 e. The van der Waals surface area contributed by atoms with Crippen LogP contribution in [-0.4, -0.2) is 14.8 Å². The highest BCUT2D eigenvalue weighted by atomic mass is 35.5. The second kappa shape index (κ2) is 3.83. The number of benzene rings is 1. The van der Waals surface area contributed by atoms with Gasteiger partial charge in [0, 0.05) is 0 Å². The van der Waals surface area contributed by atoms with Gasteiger partial charge in [0.1, 0.15) is 12.2 Å². The maximum atomic E-state index is 6.14. The van der Waals surface area contributed by atoms with Crippen LogP contribution in [0.2, 0.25) is 10.0 Å². The Balaban J connectivity index is 2.72. The number of hydrogen-bond donors (Lipinski definition) is 0. The minimum absolute atomic E-state index is 0.505. The summed E-state index contributed by atoms with van der Waals surface area (Å²) in [5, 5.41) is 5.14. The van der Waals surface area contributed by atoms with Crippen LogP contribution in [0.3, 0.4) is 0 Å². The SMILES string of the molecule is Cc1ccc(Cl)c(Cl)c1-n1ncnc1C. The Hall–Kier alpha value is -1.06. The Bertz CT molecular complexity index is 505. The molecule has 2 rings (SSSR count). The monoisotopic (exact) mass is 241 g/mol. The van der Waals surface area contributed by atoms with Gasteiger partial charge in [-0.2, -0.15) is 5.10 Å². The molecule has 0 spiro atoms. The van der Waals surface area contributed by atoms with Crippen molar-refractivity contribution in [1.29, 1.82) is 0 Å². The summed E-state index contributed by atoms with van der Waals surface area (Å²) in [7, 11) is 0. The number of hydrogen-bond acceptors (Lipinski definition) is 2. The predicted molar refractivity (Wildman–Crippen MR) is 60.9 cm³/mol. The van der Waals surface area contributed by atoms with Crippen LogP contribution in [0.25, 0.3) is 5.69 Å². The summed E-state index contributed by atoms with van der Waals surface area (Å²) < 4.78 is 1.68. The Morgan fingerprint density at radius 2 is 1.93 bits per heavy atom. The first-order chi connectivity index (χ1) is 7.11. The maximum Gasteiger partial charge on any atom is 0.138 e. The van der Waals surface area contributed by atoms with Gasteiger partial charge < -0.3 is 0 Å². The number of halogens is 2. The van der Waals surface area contributed by atoms with Gasteiger partial charge in [-0.3, -0.25) is 0 Å². The fraction of sp³-hybridized carbons (Fsp3) is 0.200. The molecule has 0 N–H and O–H groups in total. The summed E-state index contributed by atoms with van der Waals surface area (Å²) in [6.45, 7) is 3.82. The molecule has 0 aliphatic rings. The van der Waals surface area contributed by atoms with E-state index in [1.54, 1.807) is 10.7 Å². The third-order valence-electron chi connectivity index (χ3n) is 2.20. The predicted octanol–water partition coefficient (Wildman–Crippen LogP) is 3.19. The molecule has 0 aliphatic heterocycles. The number of aromatic nitrogens is 3. The van der Waals surface area contributed by atoms with Crippen molar-refractivity contribution in [1.82, 2.24) is 14.8 Å². The largest absolute Gasteiger partial charge is 0.220 e. The number of rotatable bonds is 1. The zero-order chi connectivity index (χ0) is 11.0. The van der Waals surface area contributed by atoms with Crippen molar-refractivity contribution in [2.24, 2.45) is 0 Å². The van der Waals surface area contributed by atoms with Crippen LogP contribution in [-0.2, 0) is 0 Å². The van der Waals surface area contributed by atoms with Crippen LogP contribution in [0.1, 0.15) is 11.4 Å². The average Bonchev–Trinajstić information content (AvgIpc) is 2.60. The van der Waals surface area contributed by atoms with Crippen LogP contribution in [0.5, 0.6) is 0 Å². The van der Waals surface area contributed by atoms with E-state index in [0.717, 1.165) is 17.1 Å². The zero-order valence-electron chi connectivity index (χ0n) is 8.33. The molecule has 0 amide bonds. The summed E-state index contributed by atoms with van der Waals surface area (Å²) in [5.74, 6) is 0.780. The van der Waals surface area contributed by atoms with Crippen molar-refractivity contribution in [3.8, 4) is 5.69 Å². The van der Waals surface area contributed by atoms with Gasteiger partial charge in [0.15, 0.2) is 0 Å². The van der Waals surface area contributed by atoms with Gasteiger partial charge in [0.25, 0.3) is 0 Å². The van der Waals surface area contributed by atoms with Gasteiger partial charge in [-0.05, 0) is 25.5 Å². The van der Waals surface area contributed by atoms with Crippen LogP contribution in [0, 0.1) is 13.8 Å². The van der Waals surface area contributed by atoms with Gasteiger partial charge in [-0.1, -0.05) is 29.3 Å². The highest BCUT2D eigenvalue weighted by Gasteiger charge is 2.12. The Kier molecular flexibility index (Phi) is 2.67. The van der Waals surface area contributed by atoms with Gasteiger partial charge >= 0.3 is 0 Å². The minimum atomic E-state index is 0.505. The first-order valence-corrected chi connectivity index (χ1v) is 5.18. The highest BCUT2D eigenvalue weighted by molar-refractivity contribution is 6.43. The number of aryl methyl sites for hydroxylation is 2. The second-order valence-electron chi connectivity index (χ2n) is 3.25. The van der Waals surface area contributed by atoms with E-state index in [-0.39, 0.29) is 0 Å². The van der Waals surface area contributed by atoms with Crippen LogP contribution < -0.4 is 0 Å².